The van der Waals surface area contributed by atoms with Crippen LogP contribution in [0, 0.1) is 6.92 Å². The Morgan fingerprint density at radius 1 is 1.28 bits per heavy atom. The fourth-order valence-electron chi connectivity index (χ4n) is 1.97. The highest BCUT2D eigenvalue weighted by molar-refractivity contribution is 8.00. The maximum Gasteiger partial charge on any atom is 0.251 e. The summed E-state index contributed by atoms with van der Waals surface area (Å²) in [6, 6.07) is 8.99. The van der Waals surface area contributed by atoms with Gasteiger partial charge in [0.05, 0.1) is 23.7 Å². The van der Waals surface area contributed by atoms with Crippen LogP contribution in [0.25, 0.3) is 0 Å². The number of aryl methyl sites for hydroxylation is 1. The first-order valence-electron chi connectivity index (χ1n) is 8.09. The van der Waals surface area contributed by atoms with E-state index < -0.39 is 5.25 Å². The van der Waals surface area contributed by atoms with Crippen LogP contribution in [0.1, 0.15) is 32.0 Å². The van der Waals surface area contributed by atoms with Crippen molar-refractivity contribution < 1.29 is 9.53 Å². The topological polar surface area (TPSA) is 84.1 Å². The van der Waals surface area contributed by atoms with Crippen LogP contribution in [0.3, 0.4) is 0 Å². The van der Waals surface area contributed by atoms with Gasteiger partial charge in [0.25, 0.3) is 5.56 Å². The van der Waals surface area contributed by atoms with E-state index in [0.717, 1.165) is 11.3 Å². The molecule has 1 aromatic heterocycles. The van der Waals surface area contributed by atoms with Gasteiger partial charge in [0, 0.05) is 11.8 Å². The third kappa shape index (κ3) is 6.36. The van der Waals surface area contributed by atoms with Gasteiger partial charge in [0.15, 0.2) is 5.16 Å². The average Bonchev–Trinajstić information content (AvgIpc) is 2.54. The highest BCUT2D eigenvalue weighted by Crippen LogP contribution is 2.20. The molecule has 2 N–H and O–H groups in total. The third-order valence-electron chi connectivity index (χ3n) is 3.31. The molecule has 1 unspecified atom stereocenters. The van der Waals surface area contributed by atoms with E-state index in [0.29, 0.717) is 10.9 Å². The predicted molar refractivity (Wildman–Crippen MR) is 99.9 cm³/mol. The largest absolute Gasteiger partial charge is 0.373 e. The number of aromatic nitrogens is 2. The van der Waals surface area contributed by atoms with Crippen LogP contribution in [0.15, 0.2) is 40.3 Å². The Labute approximate surface area is 151 Å². The summed E-state index contributed by atoms with van der Waals surface area (Å²) in [6.45, 7) is 7.85. The summed E-state index contributed by atoms with van der Waals surface area (Å²) in [6.07, 6.45) is 0.0522. The van der Waals surface area contributed by atoms with E-state index in [4.69, 9.17) is 4.74 Å². The number of hydrogen-bond acceptors (Lipinski definition) is 5. The molecule has 0 spiro atoms. The molecule has 2 rings (SSSR count). The number of carbonyl (C=O) groups is 1. The van der Waals surface area contributed by atoms with Crippen LogP contribution in [-0.2, 0) is 16.1 Å². The summed E-state index contributed by atoms with van der Waals surface area (Å²) in [4.78, 5) is 31.1. The van der Waals surface area contributed by atoms with Crippen LogP contribution in [-0.4, -0.2) is 27.2 Å². The monoisotopic (exact) mass is 361 g/mol. The first-order valence-corrected chi connectivity index (χ1v) is 8.97. The second kappa shape index (κ2) is 8.82. The SMILES string of the molecule is Cc1ccc(NC(=O)C(C)Sc2nc(COC(C)C)cc(=O)[nH]2)cc1. The summed E-state index contributed by atoms with van der Waals surface area (Å²) in [5.41, 5.74) is 2.16. The number of anilines is 1. The van der Waals surface area contributed by atoms with Crippen molar-refractivity contribution in [3.8, 4) is 0 Å². The lowest BCUT2D eigenvalue weighted by molar-refractivity contribution is -0.115. The number of nitrogens with one attached hydrogen (secondary N) is 2. The van der Waals surface area contributed by atoms with Crippen molar-refractivity contribution in [2.24, 2.45) is 0 Å². The van der Waals surface area contributed by atoms with Gasteiger partial charge in [-0.3, -0.25) is 9.59 Å². The van der Waals surface area contributed by atoms with Gasteiger partial charge in [0.1, 0.15) is 0 Å². The van der Waals surface area contributed by atoms with Crippen LogP contribution < -0.4 is 10.9 Å². The van der Waals surface area contributed by atoms with Crippen molar-refractivity contribution in [2.45, 2.75) is 50.8 Å². The van der Waals surface area contributed by atoms with Crippen LogP contribution >= 0.6 is 11.8 Å². The average molecular weight is 361 g/mol. The molecule has 1 aromatic carbocycles. The van der Waals surface area contributed by atoms with Gasteiger partial charge in [-0.05, 0) is 39.8 Å². The number of carbonyl (C=O) groups excluding carboxylic acids is 1. The van der Waals surface area contributed by atoms with Crippen molar-refractivity contribution in [1.29, 1.82) is 0 Å². The first-order chi connectivity index (χ1) is 11.8. The van der Waals surface area contributed by atoms with Crippen molar-refractivity contribution >= 4 is 23.4 Å². The molecule has 0 saturated carbocycles. The number of H-pyrrole nitrogens is 1. The van der Waals surface area contributed by atoms with E-state index in [2.05, 4.69) is 15.3 Å². The highest BCUT2D eigenvalue weighted by atomic mass is 32.2. The highest BCUT2D eigenvalue weighted by Gasteiger charge is 2.16. The van der Waals surface area contributed by atoms with Crippen LogP contribution in [0.2, 0.25) is 0 Å². The molecule has 1 amide bonds. The number of aromatic amines is 1. The molecule has 0 aliphatic heterocycles. The minimum Gasteiger partial charge on any atom is -0.373 e. The molecule has 6 nitrogen and oxygen atoms in total. The normalized spacial score (nSPS) is 12.2. The number of ether oxygens (including phenoxy) is 1. The number of nitrogens with zero attached hydrogens (tertiary/aromatic N) is 1. The fourth-order valence-corrected chi connectivity index (χ4v) is 2.80. The zero-order valence-electron chi connectivity index (χ0n) is 14.8. The Bertz CT molecular complexity index is 772. The van der Waals surface area contributed by atoms with Gasteiger partial charge in [0.2, 0.25) is 5.91 Å². The molecular formula is C18H23N3O3S. The molecule has 0 aliphatic carbocycles. The number of rotatable bonds is 7. The second-order valence-electron chi connectivity index (χ2n) is 6.02. The maximum atomic E-state index is 12.3. The minimum atomic E-state index is -0.411. The molecule has 1 heterocycles. The summed E-state index contributed by atoms with van der Waals surface area (Å²) in [5.74, 6) is -0.152. The summed E-state index contributed by atoms with van der Waals surface area (Å²) < 4.78 is 5.48. The zero-order chi connectivity index (χ0) is 18.4. The minimum absolute atomic E-state index is 0.0522. The van der Waals surface area contributed by atoms with Gasteiger partial charge in [-0.2, -0.15) is 0 Å². The first kappa shape index (κ1) is 19.2. The smallest absolute Gasteiger partial charge is 0.251 e. The van der Waals surface area contributed by atoms with E-state index in [1.54, 1.807) is 6.92 Å². The lowest BCUT2D eigenvalue weighted by Crippen LogP contribution is -2.23. The molecule has 0 aliphatic rings. The fraction of sp³-hybridized carbons (Fsp3) is 0.389. The van der Waals surface area contributed by atoms with Gasteiger partial charge in [-0.1, -0.05) is 29.5 Å². The number of amides is 1. The Morgan fingerprint density at radius 2 is 1.96 bits per heavy atom. The van der Waals surface area contributed by atoms with Crippen LogP contribution in [0.4, 0.5) is 5.69 Å². The van der Waals surface area contributed by atoms with Crippen molar-refractivity contribution in [3.05, 3.63) is 51.9 Å². The molecule has 1 atom stereocenters. The zero-order valence-corrected chi connectivity index (χ0v) is 15.6. The maximum absolute atomic E-state index is 12.3. The van der Waals surface area contributed by atoms with Gasteiger partial charge in [-0.25, -0.2) is 4.98 Å². The number of hydrogen-bond donors (Lipinski definition) is 2. The third-order valence-corrected chi connectivity index (χ3v) is 4.30. The lowest BCUT2D eigenvalue weighted by atomic mass is 10.2. The Hall–Kier alpha value is -2.12. The summed E-state index contributed by atoms with van der Waals surface area (Å²) in [7, 11) is 0. The Kier molecular flexibility index (Phi) is 6.78. The molecule has 0 bridgehead atoms. The van der Waals surface area contributed by atoms with Crippen molar-refractivity contribution in [1.82, 2.24) is 9.97 Å². The van der Waals surface area contributed by atoms with Crippen molar-refractivity contribution in [2.75, 3.05) is 5.32 Å². The standard InChI is InChI=1S/C18H23N3O3S/c1-11(2)24-10-15-9-16(22)21-18(20-15)25-13(4)17(23)19-14-7-5-12(3)6-8-14/h5-9,11,13H,10H2,1-4H3,(H,19,23)(H,20,21,22). The summed E-state index contributed by atoms with van der Waals surface area (Å²) >= 11 is 1.20. The number of thioether (sulfide) groups is 1. The van der Waals surface area contributed by atoms with E-state index >= 15 is 0 Å². The van der Waals surface area contributed by atoms with E-state index in [9.17, 15) is 9.59 Å². The molecule has 0 saturated heterocycles. The second-order valence-corrected chi connectivity index (χ2v) is 7.35. The number of benzene rings is 1. The van der Waals surface area contributed by atoms with Crippen LogP contribution in [0.5, 0.6) is 0 Å². The molecule has 7 heteroatoms. The Morgan fingerprint density at radius 3 is 2.60 bits per heavy atom. The van der Waals surface area contributed by atoms with Gasteiger partial charge in [-0.15, -0.1) is 0 Å². The molecule has 0 radical (unpaired) electrons. The van der Waals surface area contributed by atoms with E-state index in [1.165, 1.54) is 17.8 Å². The van der Waals surface area contributed by atoms with E-state index in [-0.39, 0.29) is 24.2 Å². The summed E-state index contributed by atoms with van der Waals surface area (Å²) in [5, 5.41) is 2.85. The van der Waals surface area contributed by atoms with Gasteiger partial charge >= 0.3 is 0 Å². The quantitative estimate of drug-likeness (QED) is 0.585. The van der Waals surface area contributed by atoms with Crippen molar-refractivity contribution in [3.63, 3.8) is 0 Å². The van der Waals surface area contributed by atoms with E-state index in [1.807, 2.05) is 45.0 Å². The molecule has 2 aromatic rings. The molecule has 25 heavy (non-hydrogen) atoms. The molecular weight excluding hydrogens is 338 g/mol. The predicted octanol–water partition coefficient (Wildman–Crippen LogP) is 3.12. The Balaban J connectivity index is 2.01. The molecule has 0 fully saturated rings. The van der Waals surface area contributed by atoms with Gasteiger partial charge < -0.3 is 15.0 Å². The molecule has 134 valence electrons. The lowest BCUT2D eigenvalue weighted by Gasteiger charge is -2.12.